The Morgan fingerprint density at radius 1 is 1.44 bits per heavy atom. The normalized spacial score (nSPS) is 20.4. The molecule has 1 aliphatic heterocycles. The van der Waals surface area contributed by atoms with Gasteiger partial charge in [0.2, 0.25) is 0 Å². The Morgan fingerprint density at radius 2 is 2.24 bits per heavy atom. The van der Waals surface area contributed by atoms with Crippen LogP contribution in [-0.2, 0) is 17.7 Å². The highest BCUT2D eigenvalue weighted by molar-refractivity contribution is 5.69. The zero-order chi connectivity index (χ0) is 21.6. The molecule has 2 aromatic heterocycles. The minimum atomic E-state index is -2.54. The van der Waals surface area contributed by atoms with Crippen LogP contribution in [0.2, 0.25) is 0 Å². The third kappa shape index (κ3) is 4.23. The molecule has 0 radical (unpaired) electrons. The monoisotopic (exact) mass is 348 g/mol. The summed E-state index contributed by atoms with van der Waals surface area (Å²) in [6.45, 7) is -0.0543. The molecule has 3 rings (SSSR count). The average Bonchev–Trinajstić information content (AvgIpc) is 2.54. The van der Waals surface area contributed by atoms with E-state index in [-0.39, 0.29) is 29.1 Å². The predicted molar refractivity (Wildman–Crippen MR) is 92.1 cm³/mol. The van der Waals surface area contributed by atoms with Crippen LogP contribution in [0.4, 0.5) is 20.6 Å². The summed E-state index contributed by atoms with van der Waals surface area (Å²) in [4.78, 5) is 20.9. The molecule has 0 aromatic carbocycles. The van der Waals surface area contributed by atoms with E-state index in [0.717, 1.165) is 6.20 Å². The lowest BCUT2D eigenvalue weighted by Crippen LogP contribution is -2.40. The van der Waals surface area contributed by atoms with Crippen molar-refractivity contribution in [2.75, 3.05) is 11.8 Å². The Hall–Kier alpha value is -2.70. The zero-order valence-electron chi connectivity index (χ0n) is 18.1. The van der Waals surface area contributed by atoms with E-state index in [1.54, 1.807) is 20.8 Å². The molecule has 2 aromatic rings. The lowest BCUT2D eigenvalue weighted by molar-refractivity contribution is 0.0223. The van der Waals surface area contributed by atoms with Gasteiger partial charge in [0.1, 0.15) is 5.60 Å². The summed E-state index contributed by atoms with van der Waals surface area (Å²) in [7, 11) is 0. The van der Waals surface area contributed by atoms with Crippen LogP contribution >= 0.6 is 0 Å². The van der Waals surface area contributed by atoms with Crippen molar-refractivity contribution in [3.63, 3.8) is 0 Å². The van der Waals surface area contributed by atoms with Gasteiger partial charge in [-0.1, -0.05) is 0 Å². The molecule has 7 heteroatoms. The molecule has 0 spiro atoms. The number of nitrogens with zero attached hydrogens (tertiary/aromatic N) is 3. The number of ether oxygens (including phenoxy) is 1. The molecule has 0 unspecified atom stereocenters. The number of rotatable bonds is 2. The maximum absolute atomic E-state index is 13.9. The van der Waals surface area contributed by atoms with Crippen molar-refractivity contribution in [2.24, 2.45) is 0 Å². The lowest BCUT2D eigenvalue weighted by Gasteiger charge is -2.31. The first-order valence-electron chi connectivity index (χ1n) is 9.70. The predicted octanol–water partition coefficient (Wildman–Crippen LogP) is 3.65. The Morgan fingerprint density at radius 3 is 2.96 bits per heavy atom. The van der Waals surface area contributed by atoms with Gasteiger partial charge in [0.25, 0.3) is 0 Å². The van der Waals surface area contributed by atoms with Crippen molar-refractivity contribution in [2.45, 2.75) is 39.3 Å². The van der Waals surface area contributed by atoms with Crippen molar-refractivity contribution in [3.8, 4) is 0 Å². The Kier molecular flexibility index (Phi) is 3.37. The number of pyridine rings is 2. The fourth-order valence-electron chi connectivity index (χ4n) is 2.16. The van der Waals surface area contributed by atoms with Gasteiger partial charge in [-0.2, -0.15) is 0 Å². The second-order valence-corrected chi connectivity index (χ2v) is 6.46. The van der Waals surface area contributed by atoms with Crippen molar-refractivity contribution >= 4 is 17.5 Å². The summed E-state index contributed by atoms with van der Waals surface area (Å²) in [5, 5.41) is 2.79. The highest BCUT2D eigenvalue weighted by Gasteiger charge is 2.26. The van der Waals surface area contributed by atoms with Gasteiger partial charge < -0.3 is 15.0 Å². The topological polar surface area (TPSA) is 67.4 Å². The molecule has 1 N–H and O–H groups in total. The van der Waals surface area contributed by atoms with E-state index in [1.807, 2.05) is 0 Å². The van der Waals surface area contributed by atoms with Crippen LogP contribution in [0, 0.1) is 5.82 Å². The number of amides is 1. The molecule has 0 saturated carbocycles. The van der Waals surface area contributed by atoms with Crippen LogP contribution in [0.25, 0.3) is 0 Å². The SMILES string of the molecule is [2H]C1([2H])Cc2ncc(Nc3ccncc3F)cc2C([2H])([2H])N1C(=O)OC(C)(C)C. The van der Waals surface area contributed by atoms with Gasteiger partial charge in [-0.3, -0.25) is 9.97 Å². The van der Waals surface area contributed by atoms with Gasteiger partial charge >= 0.3 is 6.09 Å². The van der Waals surface area contributed by atoms with Crippen LogP contribution in [0.5, 0.6) is 0 Å². The molecule has 6 nitrogen and oxygen atoms in total. The first-order chi connectivity index (χ1) is 13.3. The number of carbonyl (C=O) groups is 1. The average molecular weight is 348 g/mol. The molecule has 3 heterocycles. The summed E-state index contributed by atoms with van der Waals surface area (Å²) in [5.41, 5.74) is -0.357. The molecule has 0 aliphatic carbocycles. The molecular weight excluding hydrogens is 323 g/mol. The Balaban J connectivity index is 2.00. The van der Waals surface area contributed by atoms with Crippen molar-refractivity contribution < 1.29 is 19.4 Å². The maximum Gasteiger partial charge on any atom is 0.410 e. The Labute approximate surface area is 151 Å². The van der Waals surface area contributed by atoms with Gasteiger partial charge in [-0.25, -0.2) is 9.18 Å². The van der Waals surface area contributed by atoms with E-state index in [4.69, 9.17) is 10.2 Å². The van der Waals surface area contributed by atoms with Crippen LogP contribution in [0.3, 0.4) is 0 Å². The number of carbonyl (C=O) groups excluding carboxylic acids is 1. The summed E-state index contributed by atoms with van der Waals surface area (Å²) in [6, 6.07) is 2.80. The van der Waals surface area contributed by atoms with E-state index < -0.39 is 30.5 Å². The highest BCUT2D eigenvalue weighted by Crippen LogP contribution is 2.24. The molecule has 132 valence electrons. The molecule has 1 amide bonds. The number of anilines is 2. The van der Waals surface area contributed by atoms with Crippen molar-refractivity contribution in [3.05, 3.63) is 47.8 Å². The second kappa shape index (κ2) is 6.66. The fourth-order valence-corrected chi connectivity index (χ4v) is 2.16. The quantitative estimate of drug-likeness (QED) is 0.897. The summed E-state index contributed by atoms with van der Waals surface area (Å²) >= 11 is 0. The molecule has 0 fully saturated rings. The zero-order valence-corrected chi connectivity index (χ0v) is 14.1. The third-order valence-electron chi connectivity index (χ3n) is 3.23. The number of aryl methyl sites for hydroxylation is 1. The van der Waals surface area contributed by atoms with E-state index in [9.17, 15) is 9.18 Å². The Bertz CT molecular complexity index is 950. The lowest BCUT2D eigenvalue weighted by atomic mass is 10.1. The van der Waals surface area contributed by atoms with E-state index in [1.165, 1.54) is 24.5 Å². The molecule has 0 saturated heterocycles. The molecule has 0 atom stereocenters. The number of aromatic nitrogens is 2. The van der Waals surface area contributed by atoms with Crippen molar-refractivity contribution in [1.82, 2.24) is 14.9 Å². The largest absolute Gasteiger partial charge is 0.444 e. The number of halogens is 1. The van der Waals surface area contributed by atoms with E-state index >= 15 is 0 Å². The summed E-state index contributed by atoms with van der Waals surface area (Å²) < 4.78 is 52.4. The molecular formula is C18H21FN4O2. The minimum absolute atomic E-state index is 0.00190. The first kappa shape index (κ1) is 12.6. The van der Waals surface area contributed by atoms with Gasteiger partial charge in [0.05, 0.1) is 33.0 Å². The van der Waals surface area contributed by atoms with Crippen LogP contribution in [-0.4, -0.2) is 33.1 Å². The fraction of sp³-hybridized carbons (Fsp3) is 0.389. The number of nitrogens with one attached hydrogen (secondary N) is 1. The second-order valence-electron chi connectivity index (χ2n) is 6.46. The van der Waals surface area contributed by atoms with E-state index in [0.29, 0.717) is 4.90 Å². The minimum Gasteiger partial charge on any atom is -0.444 e. The maximum atomic E-state index is 13.9. The van der Waals surface area contributed by atoms with Crippen LogP contribution < -0.4 is 5.32 Å². The molecule has 1 aliphatic rings. The molecule has 25 heavy (non-hydrogen) atoms. The van der Waals surface area contributed by atoms with Crippen molar-refractivity contribution in [1.29, 1.82) is 0 Å². The van der Waals surface area contributed by atoms with Gasteiger partial charge in [0.15, 0.2) is 5.82 Å². The molecule has 0 bridgehead atoms. The van der Waals surface area contributed by atoms with Crippen LogP contribution in [0.1, 0.15) is 37.5 Å². The van der Waals surface area contributed by atoms with Gasteiger partial charge in [-0.05, 0) is 38.5 Å². The summed E-state index contributed by atoms with van der Waals surface area (Å²) in [6.07, 6.45) is 2.36. The van der Waals surface area contributed by atoms with Gasteiger partial charge in [-0.15, -0.1) is 0 Å². The first-order valence-corrected chi connectivity index (χ1v) is 7.70. The van der Waals surface area contributed by atoms with Gasteiger partial charge in [0, 0.05) is 27.5 Å². The highest BCUT2D eigenvalue weighted by atomic mass is 19.1. The third-order valence-corrected chi connectivity index (χ3v) is 3.23. The van der Waals surface area contributed by atoms with E-state index in [2.05, 4.69) is 15.3 Å². The summed E-state index contributed by atoms with van der Waals surface area (Å²) in [5.74, 6) is -0.597. The number of hydrogen-bond donors (Lipinski definition) is 1. The smallest absolute Gasteiger partial charge is 0.410 e. The number of hydrogen-bond acceptors (Lipinski definition) is 5. The van der Waals surface area contributed by atoms with Crippen LogP contribution in [0.15, 0.2) is 30.7 Å². The standard InChI is InChI=1S/C18H21FN4O2/c1-18(2,3)25-17(24)23-7-5-15-12(11-23)8-13(9-21-15)22-16-4-6-20-10-14(16)19/h4,6,8-10H,5,7,11H2,1-3H3,(H,20,22)/i7D2,11D2. The number of fused-ring (bicyclic) bond motifs is 1.